The normalized spacial score (nSPS) is 16.1. The largest absolute Gasteiger partial charge is 0.487 e. The molecule has 2 nitrogen and oxygen atoms in total. The molecule has 0 radical (unpaired) electrons. The second-order valence-electron chi connectivity index (χ2n) is 5.88. The first-order chi connectivity index (χ1) is 10.2. The zero-order valence-corrected chi connectivity index (χ0v) is 12.8. The van der Waals surface area contributed by atoms with E-state index in [-0.39, 0.29) is 5.75 Å². The molecule has 1 fully saturated rings. The van der Waals surface area contributed by atoms with Crippen LogP contribution in [0.4, 0.5) is 8.78 Å². The van der Waals surface area contributed by atoms with E-state index in [4.69, 9.17) is 4.74 Å². The summed E-state index contributed by atoms with van der Waals surface area (Å²) in [6, 6.07) is 2.73. The van der Waals surface area contributed by atoms with Gasteiger partial charge in [-0.15, -0.1) is 0 Å². The van der Waals surface area contributed by atoms with Gasteiger partial charge in [-0.2, -0.15) is 0 Å². The van der Waals surface area contributed by atoms with Crippen molar-refractivity contribution in [1.82, 2.24) is 5.32 Å². The lowest BCUT2D eigenvalue weighted by molar-refractivity contribution is 0.195. The maximum atomic E-state index is 14.0. The Morgan fingerprint density at radius 2 is 1.81 bits per heavy atom. The van der Waals surface area contributed by atoms with E-state index >= 15 is 0 Å². The summed E-state index contributed by atoms with van der Waals surface area (Å²) in [4.78, 5) is 0. The van der Waals surface area contributed by atoms with Crippen LogP contribution < -0.4 is 10.1 Å². The Labute approximate surface area is 125 Å². The van der Waals surface area contributed by atoms with Crippen molar-refractivity contribution in [1.29, 1.82) is 0 Å². The fraction of sp³-hybridized carbons (Fsp3) is 0.647. The molecular formula is C17H25F2NO. The fourth-order valence-corrected chi connectivity index (χ4v) is 2.82. The van der Waals surface area contributed by atoms with E-state index in [1.165, 1.54) is 31.4 Å². The number of halogens is 2. The minimum absolute atomic E-state index is 0.222. The van der Waals surface area contributed by atoms with Crippen LogP contribution in [-0.4, -0.2) is 13.2 Å². The summed E-state index contributed by atoms with van der Waals surface area (Å²) in [6.07, 6.45) is 6.85. The number of hydrogen-bond acceptors (Lipinski definition) is 2. The molecule has 1 aromatic rings. The van der Waals surface area contributed by atoms with Gasteiger partial charge in [0, 0.05) is 6.54 Å². The first-order valence-corrected chi connectivity index (χ1v) is 8.02. The number of hydrogen-bond donors (Lipinski definition) is 1. The van der Waals surface area contributed by atoms with E-state index < -0.39 is 11.6 Å². The lowest BCUT2D eigenvalue weighted by Gasteiger charge is -2.22. The summed E-state index contributed by atoms with van der Waals surface area (Å²) in [7, 11) is 0. The van der Waals surface area contributed by atoms with Crippen LogP contribution in [-0.2, 0) is 6.54 Å². The molecule has 0 saturated heterocycles. The molecule has 0 heterocycles. The summed E-state index contributed by atoms with van der Waals surface area (Å²) in [5.41, 5.74) is 0.614. The van der Waals surface area contributed by atoms with Gasteiger partial charge in [0.25, 0.3) is 0 Å². The predicted molar refractivity (Wildman–Crippen MR) is 80.4 cm³/mol. The summed E-state index contributed by atoms with van der Waals surface area (Å²) in [6.45, 7) is 3.78. The molecule has 0 aliphatic heterocycles. The quantitative estimate of drug-likeness (QED) is 0.752. The molecule has 0 atom stereocenters. The lowest BCUT2D eigenvalue weighted by atomic mass is 9.90. The SMILES string of the molecule is CCCNCc1cc(F)c(OCC2CCCCC2)c(F)c1. The molecule has 1 saturated carbocycles. The van der Waals surface area contributed by atoms with Gasteiger partial charge in [-0.25, -0.2) is 8.78 Å². The van der Waals surface area contributed by atoms with Gasteiger partial charge in [-0.3, -0.25) is 0 Å². The Morgan fingerprint density at radius 1 is 1.14 bits per heavy atom. The molecule has 1 aliphatic rings. The van der Waals surface area contributed by atoms with Crippen molar-refractivity contribution in [3.8, 4) is 5.75 Å². The van der Waals surface area contributed by atoms with E-state index in [2.05, 4.69) is 12.2 Å². The van der Waals surface area contributed by atoms with Crippen LogP contribution in [0.5, 0.6) is 5.75 Å². The monoisotopic (exact) mass is 297 g/mol. The third-order valence-electron chi connectivity index (χ3n) is 4.00. The summed E-state index contributed by atoms with van der Waals surface area (Å²) in [5.74, 6) is -0.985. The smallest absolute Gasteiger partial charge is 0.190 e. The number of nitrogens with one attached hydrogen (secondary N) is 1. The Balaban J connectivity index is 1.92. The molecule has 21 heavy (non-hydrogen) atoms. The molecule has 2 rings (SSSR count). The predicted octanol–water partition coefficient (Wildman–Crippen LogP) is 4.42. The summed E-state index contributed by atoms with van der Waals surface area (Å²) >= 11 is 0. The molecular weight excluding hydrogens is 272 g/mol. The Morgan fingerprint density at radius 3 is 2.43 bits per heavy atom. The van der Waals surface area contributed by atoms with E-state index in [1.807, 2.05) is 0 Å². The Kier molecular flexibility index (Phi) is 6.43. The first kappa shape index (κ1) is 16.2. The Bertz CT molecular complexity index is 421. The molecule has 0 spiro atoms. The second kappa shape index (κ2) is 8.32. The van der Waals surface area contributed by atoms with Crippen LogP contribution in [0.2, 0.25) is 0 Å². The van der Waals surface area contributed by atoms with Crippen LogP contribution >= 0.6 is 0 Å². The Hall–Kier alpha value is -1.16. The third-order valence-corrected chi connectivity index (χ3v) is 4.00. The fourth-order valence-electron chi connectivity index (χ4n) is 2.82. The van der Waals surface area contributed by atoms with Gasteiger partial charge < -0.3 is 10.1 Å². The van der Waals surface area contributed by atoms with Gasteiger partial charge >= 0.3 is 0 Å². The lowest BCUT2D eigenvalue weighted by Crippen LogP contribution is -2.17. The minimum Gasteiger partial charge on any atom is -0.487 e. The van der Waals surface area contributed by atoms with Crippen LogP contribution in [0.1, 0.15) is 51.0 Å². The number of rotatable bonds is 7. The first-order valence-electron chi connectivity index (χ1n) is 8.02. The van der Waals surface area contributed by atoms with Crippen molar-refractivity contribution in [2.24, 2.45) is 5.92 Å². The van der Waals surface area contributed by atoms with Crippen LogP contribution in [0.15, 0.2) is 12.1 Å². The van der Waals surface area contributed by atoms with Gasteiger partial charge in [0.1, 0.15) is 0 Å². The molecule has 4 heteroatoms. The number of benzene rings is 1. The van der Waals surface area contributed by atoms with Crippen molar-refractivity contribution >= 4 is 0 Å². The van der Waals surface area contributed by atoms with Gasteiger partial charge in [-0.05, 0) is 49.4 Å². The zero-order valence-electron chi connectivity index (χ0n) is 12.8. The minimum atomic E-state index is -0.598. The zero-order chi connectivity index (χ0) is 15.1. The summed E-state index contributed by atoms with van der Waals surface area (Å²) in [5, 5.41) is 3.13. The van der Waals surface area contributed by atoms with Crippen LogP contribution in [0.3, 0.4) is 0 Å². The molecule has 1 aliphatic carbocycles. The highest BCUT2D eigenvalue weighted by Gasteiger charge is 2.17. The second-order valence-corrected chi connectivity index (χ2v) is 5.88. The average molecular weight is 297 g/mol. The highest BCUT2D eigenvalue weighted by molar-refractivity contribution is 5.31. The maximum Gasteiger partial charge on any atom is 0.190 e. The molecule has 1 N–H and O–H groups in total. The maximum absolute atomic E-state index is 14.0. The molecule has 1 aromatic carbocycles. The third kappa shape index (κ3) is 4.95. The van der Waals surface area contributed by atoms with Crippen molar-refractivity contribution in [3.05, 3.63) is 29.3 Å². The van der Waals surface area contributed by atoms with E-state index in [9.17, 15) is 8.78 Å². The standard InChI is InChI=1S/C17H25F2NO/c1-2-8-20-11-14-9-15(18)17(16(19)10-14)21-12-13-6-4-3-5-7-13/h9-10,13,20H,2-8,11-12H2,1H3. The average Bonchev–Trinajstić information content (AvgIpc) is 2.48. The van der Waals surface area contributed by atoms with Gasteiger partial charge in [0.2, 0.25) is 0 Å². The molecule has 0 aromatic heterocycles. The molecule has 118 valence electrons. The summed E-state index contributed by atoms with van der Waals surface area (Å²) < 4.78 is 33.4. The topological polar surface area (TPSA) is 21.3 Å². The highest BCUT2D eigenvalue weighted by Crippen LogP contribution is 2.27. The molecule has 0 amide bonds. The van der Waals surface area contributed by atoms with E-state index in [0.29, 0.717) is 24.6 Å². The van der Waals surface area contributed by atoms with E-state index in [0.717, 1.165) is 25.8 Å². The number of ether oxygens (including phenoxy) is 1. The van der Waals surface area contributed by atoms with E-state index in [1.54, 1.807) is 0 Å². The molecule has 0 bridgehead atoms. The highest BCUT2D eigenvalue weighted by atomic mass is 19.1. The van der Waals surface area contributed by atoms with Gasteiger partial charge in [0.05, 0.1) is 6.61 Å². The van der Waals surface area contributed by atoms with Crippen molar-refractivity contribution < 1.29 is 13.5 Å². The van der Waals surface area contributed by atoms with Gasteiger partial charge in [-0.1, -0.05) is 26.2 Å². The van der Waals surface area contributed by atoms with Crippen LogP contribution in [0.25, 0.3) is 0 Å². The van der Waals surface area contributed by atoms with Crippen molar-refractivity contribution in [3.63, 3.8) is 0 Å². The molecule has 0 unspecified atom stereocenters. The van der Waals surface area contributed by atoms with Crippen LogP contribution in [0, 0.1) is 17.6 Å². The van der Waals surface area contributed by atoms with Crippen molar-refractivity contribution in [2.75, 3.05) is 13.2 Å². The van der Waals surface area contributed by atoms with Crippen molar-refractivity contribution in [2.45, 2.75) is 52.0 Å². The van der Waals surface area contributed by atoms with Gasteiger partial charge in [0.15, 0.2) is 17.4 Å².